The van der Waals surface area contributed by atoms with Crippen LogP contribution in [0.25, 0.3) is 16.6 Å². The van der Waals surface area contributed by atoms with E-state index < -0.39 is 0 Å². The number of nitrogens with zero attached hydrogens (tertiary/aromatic N) is 1. The molecule has 0 aliphatic rings. The third-order valence-electron chi connectivity index (χ3n) is 2.81. The molecule has 0 aliphatic carbocycles. The van der Waals surface area contributed by atoms with Crippen LogP contribution in [0.15, 0.2) is 66.7 Å². The van der Waals surface area contributed by atoms with E-state index in [4.69, 9.17) is 11.6 Å². The molecule has 0 spiro atoms. The second-order valence-corrected chi connectivity index (χ2v) is 4.27. The number of fused-ring (bicyclic) bond motifs is 1. The van der Waals surface area contributed by atoms with Crippen LogP contribution in [0.4, 0.5) is 0 Å². The maximum absolute atomic E-state index is 6.30. The number of benzene rings is 2. The molecule has 2 aromatic carbocycles. The fourth-order valence-corrected chi connectivity index (χ4v) is 2.27. The molecule has 0 radical (unpaired) electrons. The van der Waals surface area contributed by atoms with Gasteiger partial charge >= 0.3 is 0 Å². The van der Waals surface area contributed by atoms with Crippen LogP contribution in [-0.2, 0) is 0 Å². The Morgan fingerprint density at radius 1 is 0.706 bits per heavy atom. The van der Waals surface area contributed by atoms with Crippen molar-refractivity contribution < 1.29 is 4.57 Å². The second kappa shape index (κ2) is 4.19. The van der Waals surface area contributed by atoms with Gasteiger partial charge in [-0.1, -0.05) is 30.3 Å². The Bertz CT molecular complexity index is 662. The van der Waals surface area contributed by atoms with Crippen LogP contribution in [0.1, 0.15) is 0 Å². The summed E-state index contributed by atoms with van der Waals surface area (Å²) < 4.78 is 2.05. The van der Waals surface area contributed by atoms with Gasteiger partial charge in [0.2, 0.25) is 11.2 Å². The third-order valence-corrected chi connectivity index (χ3v) is 3.10. The van der Waals surface area contributed by atoms with E-state index in [0.717, 1.165) is 16.4 Å². The van der Waals surface area contributed by atoms with Gasteiger partial charge in [-0.2, -0.15) is 0 Å². The maximum Gasteiger partial charge on any atom is 0.281 e. The highest BCUT2D eigenvalue weighted by Crippen LogP contribution is 2.16. The van der Waals surface area contributed by atoms with E-state index in [-0.39, 0.29) is 0 Å². The van der Waals surface area contributed by atoms with Crippen LogP contribution < -0.4 is 4.57 Å². The van der Waals surface area contributed by atoms with E-state index in [0.29, 0.717) is 0 Å². The molecule has 0 unspecified atom stereocenters. The van der Waals surface area contributed by atoms with Crippen molar-refractivity contribution in [2.24, 2.45) is 0 Å². The van der Waals surface area contributed by atoms with Crippen molar-refractivity contribution in [2.75, 3.05) is 0 Å². The third kappa shape index (κ3) is 1.79. The molecule has 0 atom stereocenters. The first-order valence-electron chi connectivity index (χ1n) is 5.51. The minimum absolute atomic E-state index is 0.718. The molecule has 17 heavy (non-hydrogen) atoms. The van der Waals surface area contributed by atoms with E-state index in [9.17, 15) is 0 Å². The van der Waals surface area contributed by atoms with Crippen molar-refractivity contribution >= 4 is 22.5 Å². The monoisotopic (exact) mass is 240 g/mol. The van der Waals surface area contributed by atoms with Crippen molar-refractivity contribution in [1.29, 1.82) is 0 Å². The lowest BCUT2D eigenvalue weighted by Crippen LogP contribution is -2.32. The van der Waals surface area contributed by atoms with Gasteiger partial charge in [-0.15, -0.1) is 4.57 Å². The predicted molar refractivity (Wildman–Crippen MR) is 70.5 cm³/mol. The summed E-state index contributed by atoms with van der Waals surface area (Å²) in [7, 11) is 0. The quantitative estimate of drug-likeness (QED) is 0.450. The van der Waals surface area contributed by atoms with Gasteiger partial charge in [0.1, 0.15) is 0 Å². The summed E-state index contributed by atoms with van der Waals surface area (Å²) in [5.74, 6) is 0. The van der Waals surface area contributed by atoms with Crippen LogP contribution in [-0.4, -0.2) is 0 Å². The Labute approximate surface area is 105 Å². The molecule has 0 N–H and O–H groups in total. The SMILES string of the molecule is Clc1ccc2ccccc2[n+]1-c1ccccc1. The molecule has 82 valence electrons. The molecule has 0 saturated heterocycles. The number of hydrogen-bond acceptors (Lipinski definition) is 0. The summed E-state index contributed by atoms with van der Waals surface area (Å²) in [4.78, 5) is 0. The van der Waals surface area contributed by atoms with Crippen LogP contribution in [0.5, 0.6) is 0 Å². The molecule has 0 fully saturated rings. The fraction of sp³-hybridized carbons (Fsp3) is 0. The lowest BCUT2D eigenvalue weighted by molar-refractivity contribution is -0.564. The highest BCUT2D eigenvalue weighted by Gasteiger charge is 2.15. The Morgan fingerprint density at radius 3 is 2.24 bits per heavy atom. The van der Waals surface area contributed by atoms with Gasteiger partial charge in [0.25, 0.3) is 5.15 Å². The number of hydrogen-bond donors (Lipinski definition) is 0. The smallest absolute Gasteiger partial charge is 0.143 e. The van der Waals surface area contributed by atoms with Crippen molar-refractivity contribution in [3.63, 3.8) is 0 Å². The van der Waals surface area contributed by atoms with Crippen molar-refractivity contribution in [1.82, 2.24) is 0 Å². The summed E-state index contributed by atoms with van der Waals surface area (Å²) in [5.41, 5.74) is 2.19. The lowest BCUT2D eigenvalue weighted by atomic mass is 10.2. The number of halogens is 1. The largest absolute Gasteiger partial charge is 0.281 e. The topological polar surface area (TPSA) is 3.88 Å². The summed E-state index contributed by atoms with van der Waals surface area (Å²) in [6.45, 7) is 0. The van der Waals surface area contributed by atoms with Crippen LogP contribution >= 0.6 is 11.6 Å². The molecule has 0 bridgehead atoms. The van der Waals surface area contributed by atoms with Crippen molar-refractivity contribution in [2.45, 2.75) is 0 Å². The van der Waals surface area contributed by atoms with Gasteiger partial charge in [0.15, 0.2) is 0 Å². The fourth-order valence-electron chi connectivity index (χ4n) is 2.02. The minimum Gasteiger partial charge on any atom is -0.143 e. The molecule has 2 heteroatoms. The number of aromatic nitrogens is 1. The maximum atomic E-state index is 6.30. The standard InChI is InChI=1S/C15H11ClN/c16-15-11-10-12-6-4-5-9-14(12)17(15)13-7-2-1-3-8-13/h1-11H/q+1. The summed E-state index contributed by atoms with van der Waals surface area (Å²) in [6.07, 6.45) is 0. The van der Waals surface area contributed by atoms with Gasteiger partial charge in [-0.3, -0.25) is 0 Å². The van der Waals surface area contributed by atoms with Gasteiger partial charge in [0, 0.05) is 29.7 Å². The van der Waals surface area contributed by atoms with E-state index in [1.54, 1.807) is 0 Å². The number of para-hydroxylation sites is 2. The van der Waals surface area contributed by atoms with Gasteiger partial charge in [0.05, 0.1) is 0 Å². The molecule has 3 aromatic rings. The van der Waals surface area contributed by atoms with Crippen molar-refractivity contribution in [3.8, 4) is 5.69 Å². The number of pyridine rings is 1. The van der Waals surface area contributed by atoms with Crippen LogP contribution in [0, 0.1) is 0 Å². The molecular formula is C15H11ClN+. The normalized spacial score (nSPS) is 10.6. The lowest BCUT2D eigenvalue weighted by Gasteiger charge is -2.02. The average Bonchev–Trinajstić information content (AvgIpc) is 2.39. The molecule has 1 heterocycles. The highest BCUT2D eigenvalue weighted by molar-refractivity contribution is 6.28. The summed E-state index contributed by atoms with van der Waals surface area (Å²) >= 11 is 6.30. The molecular weight excluding hydrogens is 230 g/mol. The minimum atomic E-state index is 0.718. The summed E-state index contributed by atoms with van der Waals surface area (Å²) in [6, 6.07) is 22.3. The molecule has 1 nitrogen and oxygen atoms in total. The van der Waals surface area contributed by atoms with E-state index in [1.165, 1.54) is 5.39 Å². The average molecular weight is 241 g/mol. The molecule has 3 rings (SSSR count). The number of rotatable bonds is 1. The first-order valence-corrected chi connectivity index (χ1v) is 5.89. The zero-order valence-corrected chi connectivity index (χ0v) is 9.93. The first-order chi connectivity index (χ1) is 8.36. The van der Waals surface area contributed by atoms with Gasteiger partial charge in [-0.05, 0) is 23.7 Å². The summed E-state index contributed by atoms with van der Waals surface area (Å²) in [5, 5.41) is 1.90. The second-order valence-electron chi connectivity index (χ2n) is 3.89. The molecule has 0 aliphatic heterocycles. The van der Waals surface area contributed by atoms with Gasteiger partial charge < -0.3 is 0 Å². The van der Waals surface area contributed by atoms with E-state index >= 15 is 0 Å². The highest BCUT2D eigenvalue weighted by atomic mass is 35.5. The van der Waals surface area contributed by atoms with Crippen LogP contribution in [0.2, 0.25) is 5.15 Å². The van der Waals surface area contributed by atoms with E-state index in [1.807, 2.05) is 42.5 Å². The zero-order valence-electron chi connectivity index (χ0n) is 9.18. The molecule has 0 amide bonds. The Balaban J connectivity index is 2.39. The molecule has 0 saturated carbocycles. The van der Waals surface area contributed by atoms with Gasteiger partial charge in [-0.25, -0.2) is 0 Å². The van der Waals surface area contributed by atoms with Crippen LogP contribution in [0.3, 0.4) is 0 Å². The Morgan fingerprint density at radius 2 is 1.41 bits per heavy atom. The Kier molecular flexibility index (Phi) is 2.54. The first kappa shape index (κ1) is 10.3. The zero-order chi connectivity index (χ0) is 11.7. The Hall–Kier alpha value is -1.86. The predicted octanol–water partition coefficient (Wildman–Crippen LogP) is 3.77. The molecule has 1 aromatic heterocycles. The van der Waals surface area contributed by atoms with E-state index in [2.05, 4.69) is 28.8 Å². The van der Waals surface area contributed by atoms with Crippen molar-refractivity contribution in [3.05, 3.63) is 71.9 Å².